The third-order valence-corrected chi connectivity index (χ3v) is 6.35. The van der Waals surface area contributed by atoms with E-state index in [0.717, 1.165) is 31.8 Å². The molecule has 0 aliphatic carbocycles. The fourth-order valence-corrected chi connectivity index (χ4v) is 4.24. The van der Waals surface area contributed by atoms with Crippen LogP contribution in [0.5, 0.6) is 11.5 Å². The van der Waals surface area contributed by atoms with Crippen molar-refractivity contribution in [2.45, 2.75) is 50.1 Å². The van der Waals surface area contributed by atoms with Crippen LogP contribution in [-0.4, -0.2) is 73.9 Å². The molecule has 2 heterocycles. The van der Waals surface area contributed by atoms with Gasteiger partial charge in [0.2, 0.25) is 0 Å². The summed E-state index contributed by atoms with van der Waals surface area (Å²) in [6, 6.07) is 12.7. The SMILES string of the molecule is C=CC(=O)OCCCCCCOc1ccc(C(=O)Oc2ccc(C(=O)O[C@@H]3COC4C3OC[C@@H]4O)cc2)cc1. The minimum absolute atomic E-state index is 0.151. The maximum Gasteiger partial charge on any atom is 0.343 e. The van der Waals surface area contributed by atoms with Gasteiger partial charge in [-0.1, -0.05) is 6.58 Å². The van der Waals surface area contributed by atoms with Gasteiger partial charge in [-0.3, -0.25) is 0 Å². The number of unbranched alkanes of at least 4 members (excludes halogenated alkanes) is 3. The van der Waals surface area contributed by atoms with E-state index in [2.05, 4.69) is 6.58 Å². The van der Waals surface area contributed by atoms with Crippen LogP contribution in [0.1, 0.15) is 46.4 Å². The summed E-state index contributed by atoms with van der Waals surface area (Å²) in [4.78, 5) is 36.0. The Morgan fingerprint density at radius 2 is 1.44 bits per heavy atom. The standard InChI is InChI=1S/C29H32O10/c1-2-25(31)35-16-6-4-3-5-15-34-21-11-7-19(8-12-21)28(32)38-22-13-9-20(10-14-22)29(33)39-24-18-37-26-23(30)17-36-27(24)26/h2,7-14,23-24,26-27,30H,1,3-6,15-18H2/t23-,24+,26?,27?/m0/s1. The summed E-state index contributed by atoms with van der Waals surface area (Å²) >= 11 is 0. The Morgan fingerprint density at radius 3 is 2.13 bits per heavy atom. The van der Waals surface area contributed by atoms with E-state index in [0.29, 0.717) is 24.5 Å². The van der Waals surface area contributed by atoms with Gasteiger partial charge in [0.15, 0.2) is 6.10 Å². The first kappa shape index (κ1) is 28.3. The monoisotopic (exact) mass is 540 g/mol. The molecule has 4 rings (SSSR count). The molecule has 10 nitrogen and oxygen atoms in total. The molecular formula is C29H32O10. The number of ether oxygens (including phenoxy) is 6. The van der Waals surface area contributed by atoms with Gasteiger partial charge in [0.05, 0.1) is 37.6 Å². The van der Waals surface area contributed by atoms with Crippen molar-refractivity contribution < 1.29 is 47.9 Å². The highest BCUT2D eigenvalue weighted by Gasteiger charge is 2.49. The van der Waals surface area contributed by atoms with Gasteiger partial charge in [0.25, 0.3) is 0 Å². The molecule has 2 unspecified atom stereocenters. The average molecular weight is 541 g/mol. The highest BCUT2D eigenvalue weighted by atomic mass is 16.6. The minimum Gasteiger partial charge on any atom is -0.494 e. The second-order valence-electron chi connectivity index (χ2n) is 9.18. The van der Waals surface area contributed by atoms with Crippen molar-refractivity contribution in [3.63, 3.8) is 0 Å². The topological polar surface area (TPSA) is 127 Å². The van der Waals surface area contributed by atoms with Crippen LogP contribution in [0.25, 0.3) is 0 Å². The molecule has 10 heteroatoms. The molecule has 0 amide bonds. The third kappa shape index (κ3) is 7.89. The lowest BCUT2D eigenvalue weighted by atomic mass is 10.1. The van der Waals surface area contributed by atoms with Crippen molar-refractivity contribution in [1.29, 1.82) is 0 Å². The summed E-state index contributed by atoms with van der Waals surface area (Å²) in [7, 11) is 0. The normalized spacial score (nSPS) is 21.6. The van der Waals surface area contributed by atoms with E-state index in [-0.39, 0.29) is 24.5 Å². The van der Waals surface area contributed by atoms with Crippen LogP contribution in [0.15, 0.2) is 61.2 Å². The number of hydrogen-bond acceptors (Lipinski definition) is 10. The molecule has 39 heavy (non-hydrogen) atoms. The van der Waals surface area contributed by atoms with E-state index >= 15 is 0 Å². The molecule has 1 N–H and O–H groups in total. The lowest BCUT2D eigenvalue weighted by Gasteiger charge is -2.16. The molecule has 2 aliphatic heterocycles. The van der Waals surface area contributed by atoms with Gasteiger partial charge in [-0.05, 0) is 74.2 Å². The van der Waals surface area contributed by atoms with Crippen LogP contribution >= 0.6 is 0 Å². The van der Waals surface area contributed by atoms with Crippen molar-refractivity contribution in [1.82, 2.24) is 0 Å². The molecule has 2 aromatic rings. The number of aliphatic hydroxyl groups excluding tert-OH is 1. The van der Waals surface area contributed by atoms with Crippen molar-refractivity contribution in [2.75, 3.05) is 26.4 Å². The molecular weight excluding hydrogens is 508 g/mol. The lowest BCUT2D eigenvalue weighted by Crippen LogP contribution is -2.34. The molecule has 208 valence electrons. The largest absolute Gasteiger partial charge is 0.494 e. The van der Waals surface area contributed by atoms with Gasteiger partial charge in [0.1, 0.15) is 29.8 Å². The molecule has 0 bridgehead atoms. The number of fused-ring (bicyclic) bond motifs is 1. The van der Waals surface area contributed by atoms with E-state index in [4.69, 9.17) is 28.4 Å². The molecule has 0 saturated carbocycles. The quantitative estimate of drug-likeness (QED) is 0.175. The van der Waals surface area contributed by atoms with Gasteiger partial charge >= 0.3 is 17.9 Å². The van der Waals surface area contributed by atoms with Crippen molar-refractivity contribution in [3.05, 3.63) is 72.3 Å². The summed E-state index contributed by atoms with van der Waals surface area (Å²) in [6.07, 6.45) is 2.40. The molecule has 0 aromatic heterocycles. The van der Waals surface area contributed by atoms with Gasteiger partial charge < -0.3 is 33.5 Å². The zero-order valence-electron chi connectivity index (χ0n) is 21.5. The van der Waals surface area contributed by atoms with Gasteiger partial charge in [-0.15, -0.1) is 0 Å². The maximum atomic E-state index is 12.5. The number of benzene rings is 2. The molecule has 0 spiro atoms. The van der Waals surface area contributed by atoms with Crippen molar-refractivity contribution >= 4 is 17.9 Å². The lowest BCUT2D eigenvalue weighted by molar-refractivity contribution is -0.137. The first-order valence-corrected chi connectivity index (χ1v) is 12.9. The molecule has 2 fully saturated rings. The Hall–Kier alpha value is -3.73. The van der Waals surface area contributed by atoms with E-state index in [1.54, 1.807) is 24.3 Å². The summed E-state index contributed by atoms with van der Waals surface area (Å²) in [6.45, 7) is 4.59. The van der Waals surface area contributed by atoms with Gasteiger partial charge in [-0.2, -0.15) is 0 Å². The van der Waals surface area contributed by atoms with E-state index in [1.807, 2.05) is 0 Å². The fourth-order valence-electron chi connectivity index (χ4n) is 4.24. The van der Waals surface area contributed by atoms with Crippen LogP contribution in [0.4, 0.5) is 0 Å². The number of carbonyl (C=O) groups excluding carboxylic acids is 3. The maximum absolute atomic E-state index is 12.5. The zero-order chi connectivity index (χ0) is 27.6. The van der Waals surface area contributed by atoms with Crippen LogP contribution < -0.4 is 9.47 Å². The van der Waals surface area contributed by atoms with Crippen LogP contribution in [0.3, 0.4) is 0 Å². The predicted octanol–water partition coefficient (Wildman–Crippen LogP) is 3.26. The smallest absolute Gasteiger partial charge is 0.343 e. The Bertz CT molecular complexity index is 1130. The number of carbonyl (C=O) groups is 3. The molecule has 4 atom stereocenters. The second kappa shape index (κ2) is 13.9. The Morgan fingerprint density at radius 1 is 0.821 bits per heavy atom. The highest BCUT2D eigenvalue weighted by Crippen LogP contribution is 2.29. The fraction of sp³-hybridized carbons (Fsp3) is 0.414. The molecule has 2 aliphatic rings. The summed E-state index contributed by atoms with van der Waals surface area (Å²) in [5.74, 6) is -0.581. The van der Waals surface area contributed by atoms with E-state index in [9.17, 15) is 19.5 Å². The van der Waals surface area contributed by atoms with Crippen molar-refractivity contribution in [3.8, 4) is 11.5 Å². The number of aliphatic hydroxyl groups is 1. The Labute approximate surface area is 226 Å². The van der Waals surface area contributed by atoms with Crippen LogP contribution in [0.2, 0.25) is 0 Å². The minimum atomic E-state index is -0.722. The van der Waals surface area contributed by atoms with Gasteiger partial charge in [-0.25, -0.2) is 14.4 Å². The van der Waals surface area contributed by atoms with Crippen LogP contribution in [0, 0.1) is 0 Å². The third-order valence-electron chi connectivity index (χ3n) is 6.35. The van der Waals surface area contributed by atoms with E-state index < -0.39 is 42.3 Å². The second-order valence-corrected chi connectivity index (χ2v) is 9.18. The summed E-state index contributed by atoms with van der Waals surface area (Å²) in [5.41, 5.74) is 0.642. The molecule has 0 radical (unpaired) electrons. The summed E-state index contributed by atoms with van der Waals surface area (Å²) < 4.78 is 32.5. The number of hydrogen-bond donors (Lipinski definition) is 1. The van der Waals surface area contributed by atoms with Gasteiger partial charge in [0, 0.05) is 6.08 Å². The Kier molecular flexibility index (Phi) is 10.1. The zero-order valence-corrected chi connectivity index (χ0v) is 21.5. The van der Waals surface area contributed by atoms with E-state index in [1.165, 1.54) is 24.3 Å². The number of rotatable bonds is 13. The van der Waals surface area contributed by atoms with Crippen LogP contribution in [-0.2, 0) is 23.7 Å². The molecule has 2 aromatic carbocycles. The Balaban J connectivity index is 1.15. The molecule has 2 saturated heterocycles. The first-order chi connectivity index (χ1) is 18.9. The van der Waals surface area contributed by atoms with Crippen molar-refractivity contribution in [2.24, 2.45) is 0 Å². The number of esters is 3. The highest BCUT2D eigenvalue weighted by molar-refractivity contribution is 5.92. The average Bonchev–Trinajstić information content (AvgIpc) is 3.53. The predicted molar refractivity (Wildman–Crippen MR) is 138 cm³/mol. The summed E-state index contributed by atoms with van der Waals surface area (Å²) in [5, 5.41) is 9.81. The first-order valence-electron chi connectivity index (χ1n) is 12.9.